The number of aromatic nitrogens is 1. The number of fused-ring (bicyclic) bond motifs is 1. The number of piperazine rings is 1. The first-order chi connectivity index (χ1) is 21.2. The van der Waals surface area contributed by atoms with Gasteiger partial charge in [0.2, 0.25) is 11.8 Å². The fourth-order valence-corrected chi connectivity index (χ4v) is 6.57. The van der Waals surface area contributed by atoms with Crippen molar-refractivity contribution in [2.24, 2.45) is 0 Å². The lowest BCUT2D eigenvalue weighted by atomic mass is 9.91. The van der Waals surface area contributed by atoms with Crippen molar-refractivity contribution >= 4 is 23.6 Å². The van der Waals surface area contributed by atoms with Gasteiger partial charge in [-0.15, -0.1) is 0 Å². The highest BCUT2D eigenvalue weighted by atomic mass is 19.1. The molecule has 10 nitrogen and oxygen atoms in total. The number of hydrogen-bond donors (Lipinski definition) is 1. The normalized spacial score (nSPS) is 22.5. The number of halogens is 1. The molecular formula is C34H47FN6O4. The summed E-state index contributed by atoms with van der Waals surface area (Å²) in [6.07, 6.45) is 2.91. The van der Waals surface area contributed by atoms with Crippen molar-refractivity contribution in [1.29, 1.82) is 0 Å². The van der Waals surface area contributed by atoms with Gasteiger partial charge in [0, 0.05) is 63.0 Å². The topological polar surface area (TPSA) is 98.3 Å². The van der Waals surface area contributed by atoms with Crippen LogP contribution in [-0.4, -0.2) is 108 Å². The van der Waals surface area contributed by atoms with Gasteiger partial charge in [0.25, 0.3) is 0 Å². The van der Waals surface area contributed by atoms with E-state index in [0.717, 1.165) is 35.5 Å². The highest BCUT2D eigenvalue weighted by Gasteiger charge is 2.42. The number of nitrogens with zero attached hydrogens (tertiary/aromatic N) is 5. The van der Waals surface area contributed by atoms with Crippen molar-refractivity contribution in [3.8, 4) is 0 Å². The van der Waals surface area contributed by atoms with Gasteiger partial charge in [-0.3, -0.25) is 24.4 Å². The lowest BCUT2D eigenvalue weighted by Crippen LogP contribution is -2.63. The second-order valence-corrected chi connectivity index (χ2v) is 14.4. The molecule has 45 heavy (non-hydrogen) atoms. The van der Waals surface area contributed by atoms with Gasteiger partial charge < -0.3 is 19.9 Å². The van der Waals surface area contributed by atoms with Crippen LogP contribution in [0.25, 0.3) is 0 Å². The van der Waals surface area contributed by atoms with Crippen molar-refractivity contribution in [3.05, 3.63) is 59.2 Å². The van der Waals surface area contributed by atoms with Crippen LogP contribution in [0.1, 0.15) is 64.8 Å². The van der Waals surface area contributed by atoms with Gasteiger partial charge in [-0.05, 0) is 69.9 Å². The predicted octanol–water partition coefficient (Wildman–Crippen LogP) is 3.57. The summed E-state index contributed by atoms with van der Waals surface area (Å²) in [6, 6.07) is 8.14. The van der Waals surface area contributed by atoms with E-state index in [-0.39, 0.29) is 54.3 Å². The van der Waals surface area contributed by atoms with E-state index in [1.54, 1.807) is 17.0 Å². The highest BCUT2D eigenvalue weighted by Crippen LogP contribution is 2.40. The fraction of sp³-hybridized carbons (Fsp3) is 0.588. The number of hydrogen-bond acceptors (Lipinski definition) is 7. The predicted molar refractivity (Wildman–Crippen MR) is 171 cm³/mol. The van der Waals surface area contributed by atoms with Gasteiger partial charge in [0.1, 0.15) is 11.4 Å². The summed E-state index contributed by atoms with van der Waals surface area (Å²) in [5.41, 5.74) is 2.67. The Morgan fingerprint density at radius 3 is 2.58 bits per heavy atom. The Kier molecular flexibility index (Phi) is 9.51. The van der Waals surface area contributed by atoms with Gasteiger partial charge in [0.05, 0.1) is 24.5 Å². The van der Waals surface area contributed by atoms with Crippen LogP contribution in [0.15, 0.2) is 36.5 Å². The van der Waals surface area contributed by atoms with E-state index in [0.29, 0.717) is 39.1 Å². The Hall–Kier alpha value is -3.57. The Morgan fingerprint density at radius 1 is 1.13 bits per heavy atom. The summed E-state index contributed by atoms with van der Waals surface area (Å²) in [7, 11) is 0. The monoisotopic (exact) mass is 622 g/mol. The average Bonchev–Trinajstić information content (AvgIpc) is 3.06. The molecule has 0 unspecified atom stereocenters. The maximum absolute atomic E-state index is 14.2. The van der Waals surface area contributed by atoms with Crippen LogP contribution < -0.4 is 10.2 Å². The minimum absolute atomic E-state index is 0.0110. The van der Waals surface area contributed by atoms with Crippen LogP contribution in [0.5, 0.6) is 0 Å². The van der Waals surface area contributed by atoms with Crippen molar-refractivity contribution < 1.29 is 23.5 Å². The maximum atomic E-state index is 14.2. The van der Waals surface area contributed by atoms with Gasteiger partial charge >= 0.3 is 6.09 Å². The van der Waals surface area contributed by atoms with E-state index in [4.69, 9.17) is 9.72 Å². The van der Waals surface area contributed by atoms with E-state index in [2.05, 4.69) is 29.0 Å². The number of benzene rings is 1. The van der Waals surface area contributed by atoms with Crippen LogP contribution in [0.4, 0.5) is 14.9 Å². The van der Waals surface area contributed by atoms with Crippen molar-refractivity contribution in [2.75, 3.05) is 57.3 Å². The van der Waals surface area contributed by atoms with Crippen LogP contribution >= 0.6 is 0 Å². The van der Waals surface area contributed by atoms with Gasteiger partial charge in [-0.25, -0.2) is 9.18 Å². The molecule has 4 heterocycles. The summed E-state index contributed by atoms with van der Waals surface area (Å²) in [4.78, 5) is 52.4. The largest absolute Gasteiger partial charge is 0.444 e. The molecule has 0 bridgehead atoms. The lowest BCUT2D eigenvalue weighted by Gasteiger charge is -2.46. The molecule has 2 saturated heterocycles. The minimum atomic E-state index is -0.623. The molecule has 11 heteroatoms. The quantitative estimate of drug-likeness (QED) is 0.526. The molecule has 3 aliphatic rings. The van der Waals surface area contributed by atoms with Crippen LogP contribution in [-0.2, 0) is 26.2 Å². The van der Waals surface area contributed by atoms with Crippen LogP contribution in [0.2, 0.25) is 0 Å². The van der Waals surface area contributed by atoms with E-state index in [1.807, 2.05) is 44.9 Å². The number of amides is 3. The number of pyridine rings is 1. The van der Waals surface area contributed by atoms with Gasteiger partial charge in [-0.1, -0.05) is 26.0 Å². The standard InChI is InChI=1S/C34H47FN6O4/c1-23-17-39(27(18-38-13-7-12-36-29(42)20-38)19-40(23)32(44)45-33(2,3)4)21-30(43)41-22-34(5,6)31-28(41)15-25(16-37-31)14-24-8-10-26(35)11-9-24/h8-11,15-16,23,27H,7,12-14,17-22H2,1-6H3,(H,36,42)/t23-,27+/m1/s1. The number of nitrogens with one attached hydrogen (secondary N) is 1. The highest BCUT2D eigenvalue weighted by molar-refractivity contribution is 5.97. The molecule has 1 aromatic carbocycles. The molecule has 0 radical (unpaired) electrons. The van der Waals surface area contributed by atoms with Crippen molar-refractivity contribution in [3.63, 3.8) is 0 Å². The van der Waals surface area contributed by atoms with Crippen LogP contribution in [0, 0.1) is 5.82 Å². The first kappa shape index (κ1) is 32.8. The van der Waals surface area contributed by atoms with Gasteiger partial charge in [0.15, 0.2) is 0 Å². The summed E-state index contributed by atoms with van der Waals surface area (Å²) >= 11 is 0. The fourth-order valence-electron chi connectivity index (χ4n) is 6.57. The van der Waals surface area contributed by atoms with Crippen LogP contribution in [0.3, 0.4) is 0 Å². The molecule has 2 aromatic rings. The Balaban J connectivity index is 1.36. The number of carbonyl (C=O) groups is 3. The Morgan fingerprint density at radius 2 is 1.87 bits per heavy atom. The molecule has 244 valence electrons. The third kappa shape index (κ3) is 7.99. The summed E-state index contributed by atoms with van der Waals surface area (Å²) in [5, 5.41) is 2.93. The molecule has 3 aliphatic heterocycles. The summed E-state index contributed by atoms with van der Waals surface area (Å²) in [5.74, 6) is -0.315. The molecule has 0 spiro atoms. The molecule has 2 atom stereocenters. The van der Waals surface area contributed by atoms with Crippen molar-refractivity contribution in [2.45, 2.75) is 77.5 Å². The zero-order chi connectivity index (χ0) is 32.5. The third-order valence-electron chi connectivity index (χ3n) is 8.76. The Bertz CT molecular complexity index is 1410. The smallest absolute Gasteiger partial charge is 0.410 e. The molecule has 5 rings (SSSR count). The molecule has 0 saturated carbocycles. The Labute approximate surface area is 265 Å². The third-order valence-corrected chi connectivity index (χ3v) is 8.76. The minimum Gasteiger partial charge on any atom is -0.444 e. The van der Waals surface area contributed by atoms with Crippen molar-refractivity contribution in [1.82, 2.24) is 25.0 Å². The first-order valence-corrected chi connectivity index (χ1v) is 16.0. The van der Waals surface area contributed by atoms with Gasteiger partial charge in [-0.2, -0.15) is 0 Å². The number of anilines is 1. The zero-order valence-corrected chi connectivity index (χ0v) is 27.4. The number of rotatable bonds is 6. The summed E-state index contributed by atoms with van der Waals surface area (Å²) < 4.78 is 19.2. The molecule has 3 amide bonds. The zero-order valence-electron chi connectivity index (χ0n) is 27.4. The van der Waals surface area contributed by atoms with E-state index < -0.39 is 5.60 Å². The van der Waals surface area contributed by atoms with E-state index >= 15 is 0 Å². The molecule has 0 aliphatic carbocycles. The van der Waals surface area contributed by atoms with E-state index in [1.165, 1.54) is 12.1 Å². The lowest BCUT2D eigenvalue weighted by molar-refractivity contribution is -0.123. The molecule has 2 fully saturated rings. The first-order valence-electron chi connectivity index (χ1n) is 16.0. The molecule has 1 aromatic heterocycles. The van der Waals surface area contributed by atoms with E-state index in [9.17, 15) is 18.8 Å². The SMILES string of the molecule is C[C@@H]1CN(CC(=O)N2CC(C)(C)c3ncc(Cc4ccc(F)cc4)cc32)[C@@H](CN2CCCNC(=O)C2)CN1C(=O)OC(C)(C)C. The second kappa shape index (κ2) is 13.0. The molecular weight excluding hydrogens is 575 g/mol. The average molecular weight is 623 g/mol. The maximum Gasteiger partial charge on any atom is 0.410 e. The summed E-state index contributed by atoms with van der Waals surface area (Å²) in [6.45, 7) is 15.6. The second-order valence-electron chi connectivity index (χ2n) is 14.4. The number of ether oxygens (including phenoxy) is 1. The molecule has 1 N–H and O–H groups in total. The number of carbonyl (C=O) groups excluding carboxylic acids is 3.